The van der Waals surface area contributed by atoms with Crippen LogP contribution in [-0.2, 0) is 11.3 Å². The van der Waals surface area contributed by atoms with E-state index in [9.17, 15) is 9.59 Å². The lowest BCUT2D eigenvalue weighted by atomic mass is 10.0. The third kappa shape index (κ3) is 8.31. The fraction of sp³-hybridized carbons (Fsp3) is 0.440. The number of carbonyl (C=O) groups excluding carboxylic acids is 2. The summed E-state index contributed by atoms with van der Waals surface area (Å²) in [6.45, 7) is 5.50. The highest BCUT2D eigenvalue weighted by atomic mass is 16.5. The van der Waals surface area contributed by atoms with Crippen molar-refractivity contribution < 1.29 is 23.8 Å². The molecule has 0 bridgehead atoms. The minimum absolute atomic E-state index is 0.109. The summed E-state index contributed by atoms with van der Waals surface area (Å²) in [5, 5.41) is 5.75. The first-order valence-electron chi connectivity index (χ1n) is 10.9. The van der Waals surface area contributed by atoms with Gasteiger partial charge in [-0.25, -0.2) is 0 Å². The molecule has 0 fully saturated rings. The minimum atomic E-state index is -0.700. The number of likely N-dealkylation sites (N-methyl/N-ethyl adjacent to an activating group) is 1. The van der Waals surface area contributed by atoms with Gasteiger partial charge in [0.15, 0.2) is 0 Å². The van der Waals surface area contributed by atoms with Gasteiger partial charge in [0.2, 0.25) is 5.91 Å². The van der Waals surface area contributed by atoms with E-state index in [1.165, 1.54) is 14.2 Å². The monoisotopic (exact) mass is 457 g/mol. The summed E-state index contributed by atoms with van der Waals surface area (Å²) in [5.74, 6) is 1.01. The minimum Gasteiger partial charge on any atom is -0.497 e. The van der Waals surface area contributed by atoms with Crippen LogP contribution in [0.25, 0.3) is 0 Å². The summed E-state index contributed by atoms with van der Waals surface area (Å²) in [7, 11) is 7.01. The molecule has 0 saturated heterocycles. The molecule has 8 nitrogen and oxygen atoms in total. The number of hydrogen-bond acceptors (Lipinski definition) is 6. The van der Waals surface area contributed by atoms with Gasteiger partial charge in [0.25, 0.3) is 5.91 Å². The zero-order valence-corrected chi connectivity index (χ0v) is 20.3. The lowest BCUT2D eigenvalue weighted by Crippen LogP contribution is -2.49. The molecule has 2 aromatic rings. The van der Waals surface area contributed by atoms with Crippen LogP contribution in [0.4, 0.5) is 0 Å². The molecule has 180 valence electrons. The predicted octanol–water partition coefficient (Wildman–Crippen LogP) is 2.72. The molecule has 0 spiro atoms. The Morgan fingerprint density at radius 1 is 0.970 bits per heavy atom. The number of ether oxygens (including phenoxy) is 3. The van der Waals surface area contributed by atoms with Gasteiger partial charge < -0.3 is 29.7 Å². The van der Waals surface area contributed by atoms with Crippen LogP contribution in [0.5, 0.6) is 17.2 Å². The van der Waals surface area contributed by atoms with Crippen molar-refractivity contribution in [1.82, 2.24) is 15.5 Å². The van der Waals surface area contributed by atoms with E-state index >= 15 is 0 Å². The van der Waals surface area contributed by atoms with Crippen molar-refractivity contribution in [2.75, 3.05) is 41.5 Å². The van der Waals surface area contributed by atoms with E-state index in [-0.39, 0.29) is 17.7 Å². The molecule has 0 aromatic heterocycles. The standard InChI is InChI=1S/C25H35N3O5/c1-17(2)23(27-24(29)19-13-21(31-5)15-22(14-19)32-6)25(30)26-16-18-8-7-9-20(12-18)33-11-10-28(3)4/h7-9,12-15,17,23H,10-11,16H2,1-6H3,(H,26,30)(H,27,29). The van der Waals surface area contributed by atoms with Crippen molar-refractivity contribution in [3.63, 3.8) is 0 Å². The van der Waals surface area contributed by atoms with Crippen molar-refractivity contribution in [3.05, 3.63) is 53.6 Å². The molecular weight excluding hydrogens is 422 g/mol. The number of hydrogen-bond donors (Lipinski definition) is 2. The van der Waals surface area contributed by atoms with E-state index in [0.29, 0.717) is 30.2 Å². The van der Waals surface area contributed by atoms with E-state index < -0.39 is 6.04 Å². The largest absolute Gasteiger partial charge is 0.497 e. The summed E-state index contributed by atoms with van der Waals surface area (Å²) in [5.41, 5.74) is 1.27. The SMILES string of the molecule is COc1cc(OC)cc(C(=O)NC(C(=O)NCc2cccc(OCCN(C)C)c2)C(C)C)c1. The number of amides is 2. The van der Waals surface area contributed by atoms with Gasteiger partial charge in [-0.1, -0.05) is 26.0 Å². The van der Waals surface area contributed by atoms with E-state index in [4.69, 9.17) is 14.2 Å². The average molecular weight is 458 g/mol. The highest BCUT2D eigenvalue weighted by Gasteiger charge is 2.25. The Hall–Kier alpha value is -3.26. The molecule has 0 aliphatic carbocycles. The summed E-state index contributed by atoms with van der Waals surface area (Å²) in [4.78, 5) is 27.8. The van der Waals surface area contributed by atoms with E-state index in [1.54, 1.807) is 18.2 Å². The van der Waals surface area contributed by atoms with Crippen LogP contribution < -0.4 is 24.8 Å². The second kappa shape index (κ2) is 12.7. The highest BCUT2D eigenvalue weighted by molar-refractivity contribution is 5.98. The van der Waals surface area contributed by atoms with Crippen molar-refractivity contribution in [3.8, 4) is 17.2 Å². The maximum absolute atomic E-state index is 12.9. The quantitative estimate of drug-likeness (QED) is 0.510. The van der Waals surface area contributed by atoms with Crippen LogP contribution >= 0.6 is 0 Å². The number of benzene rings is 2. The van der Waals surface area contributed by atoms with Crippen LogP contribution in [0.15, 0.2) is 42.5 Å². The topological polar surface area (TPSA) is 89.1 Å². The fourth-order valence-electron chi connectivity index (χ4n) is 3.09. The summed E-state index contributed by atoms with van der Waals surface area (Å²) in [6, 6.07) is 11.8. The molecule has 2 N–H and O–H groups in total. The average Bonchev–Trinajstić information content (AvgIpc) is 2.80. The molecule has 2 amide bonds. The molecule has 1 atom stereocenters. The molecule has 0 aliphatic rings. The van der Waals surface area contributed by atoms with Gasteiger partial charge in [0.05, 0.1) is 14.2 Å². The maximum atomic E-state index is 12.9. The molecule has 8 heteroatoms. The van der Waals surface area contributed by atoms with Crippen LogP contribution in [0.3, 0.4) is 0 Å². The van der Waals surface area contributed by atoms with Gasteiger partial charge in [0, 0.05) is 24.7 Å². The summed E-state index contributed by atoms with van der Waals surface area (Å²) in [6.07, 6.45) is 0. The molecule has 0 aliphatic heterocycles. The van der Waals surface area contributed by atoms with E-state index in [1.807, 2.05) is 57.1 Å². The Kier molecular flexibility index (Phi) is 10.00. The zero-order chi connectivity index (χ0) is 24.4. The molecule has 1 unspecified atom stereocenters. The normalized spacial score (nSPS) is 11.8. The Morgan fingerprint density at radius 3 is 2.21 bits per heavy atom. The highest BCUT2D eigenvalue weighted by Crippen LogP contribution is 2.22. The van der Waals surface area contributed by atoms with E-state index in [2.05, 4.69) is 10.6 Å². The number of rotatable bonds is 12. The van der Waals surface area contributed by atoms with Gasteiger partial charge in [-0.2, -0.15) is 0 Å². The first-order chi connectivity index (χ1) is 15.7. The van der Waals surface area contributed by atoms with Crippen LogP contribution in [0.1, 0.15) is 29.8 Å². The van der Waals surface area contributed by atoms with Crippen LogP contribution in [-0.4, -0.2) is 64.2 Å². The fourth-order valence-corrected chi connectivity index (χ4v) is 3.09. The second-order valence-electron chi connectivity index (χ2n) is 8.31. The molecule has 0 heterocycles. The predicted molar refractivity (Wildman–Crippen MR) is 128 cm³/mol. The maximum Gasteiger partial charge on any atom is 0.252 e. The van der Waals surface area contributed by atoms with Crippen LogP contribution in [0, 0.1) is 5.92 Å². The van der Waals surface area contributed by atoms with Crippen molar-refractivity contribution in [2.45, 2.75) is 26.4 Å². The van der Waals surface area contributed by atoms with Crippen molar-refractivity contribution in [1.29, 1.82) is 0 Å². The van der Waals surface area contributed by atoms with Gasteiger partial charge in [-0.3, -0.25) is 9.59 Å². The van der Waals surface area contributed by atoms with Gasteiger partial charge in [-0.05, 0) is 49.8 Å². The lowest BCUT2D eigenvalue weighted by Gasteiger charge is -2.22. The number of carbonyl (C=O) groups is 2. The lowest BCUT2D eigenvalue weighted by molar-refractivity contribution is -0.124. The summed E-state index contributed by atoms with van der Waals surface area (Å²) >= 11 is 0. The molecule has 2 rings (SSSR count). The molecule has 33 heavy (non-hydrogen) atoms. The Labute approximate surface area is 196 Å². The third-order valence-corrected chi connectivity index (χ3v) is 5.02. The molecule has 0 saturated carbocycles. The summed E-state index contributed by atoms with van der Waals surface area (Å²) < 4.78 is 16.2. The Morgan fingerprint density at radius 2 is 1.64 bits per heavy atom. The van der Waals surface area contributed by atoms with Crippen LogP contribution in [0.2, 0.25) is 0 Å². The second-order valence-corrected chi connectivity index (χ2v) is 8.31. The smallest absolute Gasteiger partial charge is 0.252 e. The number of nitrogens with one attached hydrogen (secondary N) is 2. The third-order valence-electron chi connectivity index (χ3n) is 5.02. The van der Waals surface area contributed by atoms with Gasteiger partial charge >= 0.3 is 0 Å². The number of methoxy groups -OCH3 is 2. The molecular formula is C25H35N3O5. The Balaban J connectivity index is 2.01. The molecule has 0 radical (unpaired) electrons. The first kappa shape index (κ1) is 26.0. The van der Waals surface area contributed by atoms with Gasteiger partial charge in [-0.15, -0.1) is 0 Å². The first-order valence-corrected chi connectivity index (χ1v) is 10.9. The van der Waals surface area contributed by atoms with Gasteiger partial charge in [0.1, 0.15) is 29.9 Å². The zero-order valence-electron chi connectivity index (χ0n) is 20.3. The van der Waals surface area contributed by atoms with E-state index in [0.717, 1.165) is 17.9 Å². The number of nitrogens with zero attached hydrogens (tertiary/aromatic N) is 1. The molecule has 2 aromatic carbocycles. The Bertz CT molecular complexity index is 908. The van der Waals surface area contributed by atoms with Crippen molar-refractivity contribution >= 4 is 11.8 Å². The van der Waals surface area contributed by atoms with Crippen molar-refractivity contribution in [2.24, 2.45) is 5.92 Å².